The molecule has 0 unspecified atom stereocenters. The Balaban J connectivity index is 1.64. The second-order valence-electron chi connectivity index (χ2n) is 5.37. The molecule has 0 aliphatic carbocycles. The summed E-state index contributed by atoms with van der Waals surface area (Å²) in [5.74, 6) is 0.220. The molecule has 2 N–H and O–H groups in total. The van der Waals surface area contributed by atoms with Crippen LogP contribution in [-0.4, -0.2) is 32.2 Å². The molecule has 7 nitrogen and oxygen atoms in total. The van der Waals surface area contributed by atoms with E-state index in [4.69, 9.17) is 16.3 Å². The first-order valence-electron chi connectivity index (χ1n) is 7.35. The third-order valence-corrected chi connectivity index (χ3v) is 5.01. The number of anilines is 2. The van der Waals surface area contributed by atoms with Gasteiger partial charge in [-0.05, 0) is 42.5 Å². The molecule has 0 saturated carbocycles. The quantitative estimate of drug-likeness (QED) is 0.648. The van der Waals surface area contributed by atoms with Gasteiger partial charge in [0.2, 0.25) is 10.0 Å². The van der Waals surface area contributed by atoms with Gasteiger partial charge in [0.05, 0.1) is 16.5 Å². The number of nitrogens with one attached hydrogen (secondary N) is 2. The summed E-state index contributed by atoms with van der Waals surface area (Å²) in [6.45, 7) is -0.150. The lowest BCUT2D eigenvalue weighted by atomic mass is 10.3. The predicted molar refractivity (Wildman–Crippen MR) is 104 cm³/mol. The number of fused-ring (bicyclic) bond motifs is 1. The Labute approximate surface area is 159 Å². The molecule has 0 fully saturated rings. The standard InChI is InChI=1S/C16H14ClN3O4S2/c1-26(22,23)20-16-19-13-7-4-11(8-14(13)25-16)18-15(21)9-24-12-5-2-10(17)3-6-12/h2-8H,9H2,1H3,(H,18,21)(H,19,20). The number of benzene rings is 2. The van der Waals surface area contributed by atoms with Crippen molar-refractivity contribution in [2.45, 2.75) is 0 Å². The Bertz CT molecular complexity index is 1050. The van der Waals surface area contributed by atoms with Crippen molar-refractivity contribution in [2.24, 2.45) is 0 Å². The lowest BCUT2D eigenvalue weighted by Crippen LogP contribution is -2.20. The predicted octanol–water partition coefficient (Wildman–Crippen LogP) is 3.34. The minimum atomic E-state index is -3.39. The maximum absolute atomic E-state index is 12.0. The molecule has 10 heteroatoms. The van der Waals surface area contributed by atoms with E-state index < -0.39 is 10.0 Å². The van der Waals surface area contributed by atoms with Gasteiger partial charge in [-0.15, -0.1) is 0 Å². The van der Waals surface area contributed by atoms with Crippen molar-refractivity contribution in [2.75, 3.05) is 22.9 Å². The van der Waals surface area contributed by atoms with Crippen molar-refractivity contribution in [3.05, 3.63) is 47.5 Å². The summed E-state index contributed by atoms with van der Waals surface area (Å²) in [5.41, 5.74) is 1.20. The number of sulfonamides is 1. The maximum Gasteiger partial charge on any atom is 0.262 e. The van der Waals surface area contributed by atoms with Crippen LogP contribution in [0.5, 0.6) is 5.75 Å². The fourth-order valence-electron chi connectivity index (χ4n) is 2.08. The van der Waals surface area contributed by atoms with Crippen molar-refractivity contribution in [1.82, 2.24) is 4.98 Å². The van der Waals surface area contributed by atoms with Gasteiger partial charge in [0, 0.05) is 10.7 Å². The molecular weight excluding hydrogens is 398 g/mol. The second kappa shape index (κ2) is 7.48. The Morgan fingerprint density at radius 1 is 1.23 bits per heavy atom. The molecule has 26 heavy (non-hydrogen) atoms. The average Bonchev–Trinajstić information content (AvgIpc) is 2.93. The molecular formula is C16H14ClN3O4S2. The fraction of sp³-hybridized carbons (Fsp3) is 0.125. The molecule has 0 spiro atoms. The van der Waals surface area contributed by atoms with Crippen molar-refractivity contribution in [3.8, 4) is 5.75 Å². The number of halogens is 1. The van der Waals surface area contributed by atoms with Gasteiger partial charge in [-0.2, -0.15) is 0 Å². The van der Waals surface area contributed by atoms with Crippen LogP contribution in [0.25, 0.3) is 10.2 Å². The highest BCUT2D eigenvalue weighted by atomic mass is 35.5. The first kappa shape index (κ1) is 18.4. The third-order valence-electron chi connectivity index (χ3n) is 3.13. The highest BCUT2D eigenvalue weighted by Gasteiger charge is 2.10. The average molecular weight is 412 g/mol. The minimum absolute atomic E-state index is 0.150. The van der Waals surface area contributed by atoms with Gasteiger partial charge < -0.3 is 10.1 Å². The number of nitrogens with zero attached hydrogens (tertiary/aromatic N) is 1. The topological polar surface area (TPSA) is 97.4 Å². The van der Waals surface area contributed by atoms with Gasteiger partial charge in [0.15, 0.2) is 11.7 Å². The summed E-state index contributed by atoms with van der Waals surface area (Å²) in [6, 6.07) is 11.8. The summed E-state index contributed by atoms with van der Waals surface area (Å²) in [5, 5.41) is 3.59. The second-order valence-corrected chi connectivity index (χ2v) is 8.58. The van der Waals surface area contributed by atoms with E-state index in [0.717, 1.165) is 11.0 Å². The van der Waals surface area contributed by atoms with E-state index in [1.165, 1.54) is 11.3 Å². The Morgan fingerprint density at radius 2 is 1.96 bits per heavy atom. The summed E-state index contributed by atoms with van der Waals surface area (Å²) in [7, 11) is -3.39. The van der Waals surface area contributed by atoms with Crippen LogP contribution in [0.4, 0.5) is 10.8 Å². The van der Waals surface area contributed by atoms with E-state index in [9.17, 15) is 13.2 Å². The monoisotopic (exact) mass is 411 g/mol. The molecule has 1 amide bonds. The molecule has 0 saturated heterocycles. The normalized spacial score (nSPS) is 11.3. The van der Waals surface area contributed by atoms with Crippen LogP contribution >= 0.6 is 22.9 Å². The van der Waals surface area contributed by atoms with Crippen LogP contribution in [0, 0.1) is 0 Å². The van der Waals surface area contributed by atoms with E-state index in [1.807, 2.05) is 0 Å². The first-order chi connectivity index (χ1) is 12.3. The van der Waals surface area contributed by atoms with Crippen molar-refractivity contribution in [1.29, 1.82) is 0 Å². The van der Waals surface area contributed by atoms with Crippen molar-refractivity contribution >= 4 is 59.9 Å². The number of aromatic nitrogens is 1. The number of amides is 1. The van der Waals surface area contributed by atoms with E-state index in [2.05, 4.69) is 15.0 Å². The zero-order chi connectivity index (χ0) is 18.7. The molecule has 0 aliphatic rings. The number of carbonyl (C=O) groups is 1. The van der Waals surface area contributed by atoms with Crippen LogP contribution in [-0.2, 0) is 14.8 Å². The molecule has 2 aromatic carbocycles. The molecule has 1 aromatic heterocycles. The van der Waals surface area contributed by atoms with Crippen molar-refractivity contribution < 1.29 is 17.9 Å². The molecule has 1 heterocycles. The number of ether oxygens (including phenoxy) is 1. The van der Waals surface area contributed by atoms with Crippen LogP contribution in [0.15, 0.2) is 42.5 Å². The third kappa shape index (κ3) is 5.07. The molecule has 136 valence electrons. The highest BCUT2D eigenvalue weighted by Crippen LogP contribution is 2.28. The molecule has 0 radical (unpaired) electrons. The zero-order valence-electron chi connectivity index (χ0n) is 13.5. The van der Waals surface area contributed by atoms with Crippen LogP contribution in [0.2, 0.25) is 5.02 Å². The Morgan fingerprint density at radius 3 is 2.65 bits per heavy atom. The molecule has 0 bridgehead atoms. The summed E-state index contributed by atoms with van der Waals surface area (Å²) >= 11 is 6.97. The first-order valence-corrected chi connectivity index (χ1v) is 10.4. The van der Waals surface area contributed by atoms with Crippen molar-refractivity contribution in [3.63, 3.8) is 0 Å². The highest BCUT2D eigenvalue weighted by molar-refractivity contribution is 7.92. The van der Waals surface area contributed by atoms with Gasteiger partial charge in [-0.1, -0.05) is 22.9 Å². The fourth-order valence-corrected chi connectivity index (χ4v) is 3.95. The number of hydrogen-bond acceptors (Lipinski definition) is 6. The van der Waals surface area contributed by atoms with Gasteiger partial charge in [0.1, 0.15) is 5.75 Å². The maximum atomic E-state index is 12.0. The summed E-state index contributed by atoms with van der Waals surface area (Å²) in [6.07, 6.45) is 1.06. The Hall–Kier alpha value is -2.36. The van der Waals surface area contributed by atoms with Gasteiger partial charge in [-0.3, -0.25) is 9.52 Å². The molecule has 0 atom stereocenters. The number of thiazole rings is 1. The van der Waals surface area contributed by atoms with Crippen LogP contribution < -0.4 is 14.8 Å². The zero-order valence-corrected chi connectivity index (χ0v) is 15.9. The van der Waals surface area contributed by atoms with Gasteiger partial charge in [-0.25, -0.2) is 13.4 Å². The van der Waals surface area contributed by atoms with E-state index >= 15 is 0 Å². The lowest BCUT2D eigenvalue weighted by molar-refractivity contribution is -0.118. The van der Waals surface area contributed by atoms with Crippen LogP contribution in [0.1, 0.15) is 0 Å². The molecule has 3 aromatic rings. The van der Waals surface area contributed by atoms with Crippen LogP contribution in [0.3, 0.4) is 0 Å². The minimum Gasteiger partial charge on any atom is -0.484 e. The number of carbonyl (C=O) groups excluding carboxylic acids is 1. The smallest absolute Gasteiger partial charge is 0.262 e. The van der Waals surface area contributed by atoms with E-state index in [0.29, 0.717) is 22.0 Å². The number of rotatable bonds is 6. The molecule has 3 rings (SSSR count). The largest absolute Gasteiger partial charge is 0.484 e. The number of hydrogen-bond donors (Lipinski definition) is 2. The van der Waals surface area contributed by atoms with E-state index in [1.54, 1.807) is 42.5 Å². The van der Waals surface area contributed by atoms with Gasteiger partial charge in [0.25, 0.3) is 5.91 Å². The van der Waals surface area contributed by atoms with Gasteiger partial charge >= 0.3 is 0 Å². The SMILES string of the molecule is CS(=O)(=O)Nc1nc2ccc(NC(=O)COc3ccc(Cl)cc3)cc2s1. The molecule has 0 aliphatic heterocycles. The van der Waals surface area contributed by atoms with E-state index in [-0.39, 0.29) is 17.6 Å². The summed E-state index contributed by atoms with van der Waals surface area (Å²) < 4.78 is 31.0. The Kier molecular flexibility index (Phi) is 5.30. The summed E-state index contributed by atoms with van der Waals surface area (Å²) in [4.78, 5) is 16.2. The lowest BCUT2D eigenvalue weighted by Gasteiger charge is -2.07.